The molecule has 0 amide bonds. The summed E-state index contributed by atoms with van der Waals surface area (Å²) in [5.41, 5.74) is -1.35. The fourth-order valence-corrected chi connectivity index (χ4v) is 13.8. The Hall–Kier alpha value is -2.00. The van der Waals surface area contributed by atoms with Crippen LogP contribution in [-0.4, -0.2) is 74.1 Å². The van der Waals surface area contributed by atoms with Crippen molar-refractivity contribution in [1.29, 1.82) is 0 Å². The predicted molar refractivity (Wildman–Crippen MR) is 201 cm³/mol. The van der Waals surface area contributed by atoms with E-state index in [-0.39, 0.29) is 63.7 Å². The normalized spacial score (nSPS) is 45.4. The first-order valence-corrected chi connectivity index (χ1v) is 23.9. The SMILES string of the molecule is CCOC(=O)C1CCN([C@H]2CC[C@@]3(C)[C@@H](CC[C@]4(C)[C@@H]3C(=O)C=C3[C@@H]5C[C@@](C)(C(=O)OCC[Si](C)(C)C)CC[C@]5(C)CC[C@]34C)[C@]2(C)C(=O)O)C1. The van der Waals surface area contributed by atoms with Crippen LogP contribution in [0.2, 0.25) is 25.7 Å². The number of carboxylic acids is 1. The van der Waals surface area contributed by atoms with Gasteiger partial charge < -0.3 is 14.6 Å². The maximum absolute atomic E-state index is 14.9. The highest BCUT2D eigenvalue weighted by Gasteiger charge is 2.72. The van der Waals surface area contributed by atoms with Crippen molar-refractivity contribution in [2.45, 2.75) is 144 Å². The second-order valence-corrected chi connectivity index (χ2v) is 26.2. The number of fused-ring (bicyclic) bond motifs is 7. The maximum Gasteiger partial charge on any atom is 0.311 e. The lowest BCUT2D eigenvalue weighted by atomic mass is 9.33. The molecule has 0 radical (unpaired) electrons. The van der Waals surface area contributed by atoms with Gasteiger partial charge in [0.05, 0.1) is 30.0 Å². The Morgan fingerprint density at radius 3 is 2.25 bits per heavy atom. The Balaban J connectivity index is 1.31. The highest BCUT2D eigenvalue weighted by Crippen LogP contribution is 2.75. The smallest absolute Gasteiger partial charge is 0.311 e. The number of carbonyl (C=O) groups is 4. The minimum Gasteiger partial charge on any atom is -0.481 e. The summed E-state index contributed by atoms with van der Waals surface area (Å²) in [7, 11) is -1.33. The van der Waals surface area contributed by atoms with Crippen LogP contribution in [0.3, 0.4) is 0 Å². The zero-order valence-electron chi connectivity index (χ0n) is 33.4. The molecule has 9 heteroatoms. The van der Waals surface area contributed by atoms with Crippen LogP contribution < -0.4 is 0 Å². The third kappa shape index (κ3) is 5.92. The van der Waals surface area contributed by atoms with Crippen molar-refractivity contribution in [2.75, 3.05) is 26.3 Å². The molecular weight excluding hydrogens is 659 g/mol. The molecule has 8 nitrogen and oxygen atoms in total. The summed E-state index contributed by atoms with van der Waals surface area (Å²) in [6.45, 7) is 24.2. The van der Waals surface area contributed by atoms with Crippen molar-refractivity contribution in [2.24, 2.45) is 56.2 Å². The number of ether oxygens (including phenoxy) is 2. The second kappa shape index (κ2) is 12.8. The van der Waals surface area contributed by atoms with E-state index in [0.717, 1.165) is 51.0 Å². The first kappa shape index (κ1) is 38.7. The van der Waals surface area contributed by atoms with Gasteiger partial charge in [-0.1, -0.05) is 52.9 Å². The Labute approximate surface area is 308 Å². The molecule has 5 fully saturated rings. The minimum atomic E-state index is -1.33. The molecule has 6 aliphatic rings. The lowest BCUT2D eigenvalue weighted by molar-refractivity contribution is -0.208. The number of carbonyl (C=O) groups excluding carboxylic acids is 3. The van der Waals surface area contributed by atoms with E-state index in [9.17, 15) is 24.3 Å². The third-order valence-electron chi connectivity index (χ3n) is 16.5. The van der Waals surface area contributed by atoms with Gasteiger partial charge in [0.15, 0.2) is 5.78 Å². The standard InChI is InChI=1S/C42H67NO7Si/c1-11-49-34(45)27-14-21-43(26-27)32-13-15-39(4)31(42(32,7)35(46)47)12-16-41(6)33(39)30(44)24-28-29-25-38(3,36(48)50-22-23-51(8,9)10)18-17-37(29,2)19-20-40(28,41)5/h24,27,29,31-33H,11-23,25-26H2,1-10H3,(H,46,47)/t27?,29-,31+,32-,33+,37+,38-,39-,40+,41+,42-/m0/s1. The Morgan fingerprint density at radius 1 is 0.922 bits per heavy atom. The first-order chi connectivity index (χ1) is 23.6. The molecule has 5 aliphatic carbocycles. The Morgan fingerprint density at radius 2 is 1.61 bits per heavy atom. The molecule has 1 heterocycles. The van der Waals surface area contributed by atoms with E-state index in [2.05, 4.69) is 59.2 Å². The number of aliphatic carboxylic acids is 1. The average Bonchev–Trinajstić information content (AvgIpc) is 3.52. The Kier molecular flexibility index (Phi) is 9.72. The summed E-state index contributed by atoms with van der Waals surface area (Å²) in [5.74, 6) is -1.41. The van der Waals surface area contributed by atoms with Crippen molar-refractivity contribution in [3.8, 4) is 0 Å². The number of esters is 2. The molecule has 0 bridgehead atoms. The molecule has 0 aromatic carbocycles. The largest absolute Gasteiger partial charge is 0.481 e. The molecule has 1 saturated heterocycles. The maximum atomic E-state index is 14.9. The fourth-order valence-electron chi connectivity index (χ4n) is 13.0. The number of rotatable bonds is 8. The topological polar surface area (TPSA) is 110 Å². The summed E-state index contributed by atoms with van der Waals surface area (Å²) >= 11 is 0. The molecule has 1 aliphatic heterocycles. The molecule has 0 aromatic rings. The van der Waals surface area contributed by atoms with Gasteiger partial charge in [0, 0.05) is 26.6 Å². The average molecular weight is 726 g/mol. The molecule has 0 aromatic heterocycles. The van der Waals surface area contributed by atoms with Crippen LogP contribution in [0.1, 0.15) is 113 Å². The summed E-state index contributed by atoms with van der Waals surface area (Å²) in [5, 5.41) is 11.1. The van der Waals surface area contributed by atoms with Gasteiger partial charge in [-0.15, -0.1) is 0 Å². The molecule has 51 heavy (non-hydrogen) atoms. The molecule has 6 rings (SSSR count). The van der Waals surface area contributed by atoms with Crippen molar-refractivity contribution >= 4 is 31.8 Å². The number of ketones is 1. The molecule has 4 saturated carbocycles. The molecule has 1 unspecified atom stereocenters. The second-order valence-electron chi connectivity index (χ2n) is 20.6. The summed E-state index contributed by atoms with van der Waals surface area (Å²) < 4.78 is 11.3. The lowest BCUT2D eigenvalue weighted by Gasteiger charge is -2.70. The van der Waals surface area contributed by atoms with E-state index in [0.29, 0.717) is 45.6 Å². The highest BCUT2D eigenvalue weighted by molar-refractivity contribution is 6.76. The van der Waals surface area contributed by atoms with Gasteiger partial charge in [0.2, 0.25) is 0 Å². The van der Waals surface area contributed by atoms with Gasteiger partial charge in [-0.2, -0.15) is 0 Å². The van der Waals surface area contributed by atoms with Crippen molar-refractivity contribution in [3.05, 3.63) is 11.6 Å². The number of nitrogens with zero attached hydrogens (tertiary/aromatic N) is 1. The highest BCUT2D eigenvalue weighted by atomic mass is 28.3. The van der Waals surface area contributed by atoms with Gasteiger partial charge >= 0.3 is 17.9 Å². The third-order valence-corrected chi connectivity index (χ3v) is 18.2. The van der Waals surface area contributed by atoms with Crippen molar-refractivity contribution in [1.82, 2.24) is 4.90 Å². The van der Waals surface area contributed by atoms with Gasteiger partial charge in [-0.25, -0.2) is 0 Å². The van der Waals surface area contributed by atoms with Crippen LogP contribution in [0.4, 0.5) is 0 Å². The van der Waals surface area contributed by atoms with Crippen LogP contribution in [0.25, 0.3) is 0 Å². The predicted octanol–water partition coefficient (Wildman–Crippen LogP) is 8.17. The van der Waals surface area contributed by atoms with E-state index in [1.807, 2.05) is 19.9 Å². The Bertz CT molecular complexity index is 1490. The minimum absolute atomic E-state index is 0.0329. The van der Waals surface area contributed by atoms with Crippen molar-refractivity contribution < 1.29 is 33.8 Å². The van der Waals surface area contributed by atoms with Crippen molar-refractivity contribution in [3.63, 3.8) is 0 Å². The van der Waals surface area contributed by atoms with Crippen LogP contribution in [0.15, 0.2) is 11.6 Å². The molecular formula is C42H67NO7Si. The summed E-state index contributed by atoms with van der Waals surface area (Å²) in [6.07, 6.45) is 10.3. The van der Waals surface area contributed by atoms with Gasteiger partial charge in [-0.3, -0.25) is 24.1 Å². The number of likely N-dealkylation sites (tertiary alicyclic amines) is 1. The van der Waals surface area contributed by atoms with Crippen LogP contribution >= 0.6 is 0 Å². The molecule has 11 atom stereocenters. The van der Waals surface area contributed by atoms with E-state index in [1.54, 1.807) is 0 Å². The van der Waals surface area contributed by atoms with Gasteiger partial charge in [-0.05, 0) is 137 Å². The zero-order chi connectivity index (χ0) is 37.6. The van der Waals surface area contributed by atoms with E-state index in [4.69, 9.17) is 9.47 Å². The zero-order valence-corrected chi connectivity index (χ0v) is 34.4. The lowest BCUT2D eigenvalue weighted by Crippen LogP contribution is -2.69. The fraction of sp³-hybridized carbons (Fsp3) is 0.857. The van der Waals surface area contributed by atoms with Gasteiger partial charge in [0.1, 0.15) is 0 Å². The van der Waals surface area contributed by atoms with Crippen LogP contribution in [0.5, 0.6) is 0 Å². The van der Waals surface area contributed by atoms with E-state index < -0.39 is 30.3 Å². The van der Waals surface area contributed by atoms with E-state index >= 15 is 0 Å². The molecule has 286 valence electrons. The number of allylic oxidation sites excluding steroid dienone is 2. The van der Waals surface area contributed by atoms with Crippen LogP contribution in [0, 0.1) is 56.2 Å². The first-order valence-electron chi connectivity index (χ1n) is 20.2. The van der Waals surface area contributed by atoms with E-state index in [1.165, 1.54) is 5.57 Å². The monoisotopic (exact) mass is 725 g/mol. The summed E-state index contributed by atoms with van der Waals surface area (Å²) in [6, 6.07) is 0.763. The molecule has 1 N–H and O–H groups in total. The number of carboxylic acid groups (broad SMARTS) is 1. The molecule has 0 spiro atoms. The number of hydrogen-bond acceptors (Lipinski definition) is 7. The summed E-state index contributed by atoms with van der Waals surface area (Å²) in [4.78, 5) is 57.1. The van der Waals surface area contributed by atoms with Gasteiger partial charge in [0.25, 0.3) is 0 Å². The quantitative estimate of drug-likeness (QED) is 0.197. The number of hydrogen-bond donors (Lipinski definition) is 1. The van der Waals surface area contributed by atoms with Crippen LogP contribution in [-0.2, 0) is 28.7 Å².